The summed E-state index contributed by atoms with van der Waals surface area (Å²) in [7, 11) is 0. The SMILES string of the molecule is CC(=O)N[C@@H]1CCCN(CCC(=O)Nc2ccc(C)c(F)c2)C1. The standard InChI is InChI=1S/C17H24FN3O2/c1-12-5-6-14(10-16(12)18)20-17(23)7-9-21-8-3-4-15(11-21)19-13(2)22/h5-6,10,15H,3-4,7-9,11H2,1-2H3,(H,19,22)(H,20,23)/t15-/m1/s1. The summed E-state index contributed by atoms with van der Waals surface area (Å²) in [4.78, 5) is 25.3. The van der Waals surface area contributed by atoms with Crippen LogP contribution in [0.25, 0.3) is 0 Å². The average molecular weight is 321 g/mol. The van der Waals surface area contributed by atoms with Crippen LogP contribution in [0.2, 0.25) is 0 Å². The Bertz CT molecular complexity index is 577. The molecule has 0 bridgehead atoms. The zero-order chi connectivity index (χ0) is 16.8. The molecule has 2 N–H and O–H groups in total. The molecule has 0 radical (unpaired) electrons. The summed E-state index contributed by atoms with van der Waals surface area (Å²) >= 11 is 0. The van der Waals surface area contributed by atoms with Gasteiger partial charge in [0.15, 0.2) is 0 Å². The lowest BCUT2D eigenvalue weighted by atomic mass is 10.1. The first-order valence-electron chi connectivity index (χ1n) is 7.99. The maximum Gasteiger partial charge on any atom is 0.225 e. The zero-order valence-electron chi connectivity index (χ0n) is 13.7. The van der Waals surface area contributed by atoms with Gasteiger partial charge in [-0.25, -0.2) is 4.39 Å². The van der Waals surface area contributed by atoms with Gasteiger partial charge in [-0.3, -0.25) is 9.59 Å². The molecule has 1 saturated heterocycles. The summed E-state index contributed by atoms with van der Waals surface area (Å²) in [5.41, 5.74) is 1.04. The minimum absolute atomic E-state index is 0.0176. The van der Waals surface area contributed by atoms with Gasteiger partial charge >= 0.3 is 0 Å². The van der Waals surface area contributed by atoms with E-state index in [1.165, 1.54) is 13.0 Å². The first-order chi connectivity index (χ1) is 10.9. The van der Waals surface area contributed by atoms with Crippen molar-refractivity contribution in [2.24, 2.45) is 0 Å². The maximum atomic E-state index is 13.5. The number of carbonyl (C=O) groups excluding carboxylic acids is 2. The van der Waals surface area contributed by atoms with E-state index in [1.807, 2.05) is 0 Å². The number of piperidine rings is 1. The second kappa shape index (κ2) is 8.06. The van der Waals surface area contributed by atoms with Crippen molar-refractivity contribution >= 4 is 17.5 Å². The van der Waals surface area contributed by atoms with Gasteiger partial charge in [-0.1, -0.05) is 6.07 Å². The van der Waals surface area contributed by atoms with Crippen molar-refractivity contribution in [2.75, 3.05) is 25.0 Å². The van der Waals surface area contributed by atoms with Crippen LogP contribution in [0, 0.1) is 12.7 Å². The molecular formula is C17H24FN3O2. The van der Waals surface area contributed by atoms with E-state index in [-0.39, 0.29) is 23.7 Å². The predicted octanol–water partition coefficient (Wildman–Crippen LogP) is 2.06. The van der Waals surface area contributed by atoms with Crippen LogP contribution in [0.1, 0.15) is 31.7 Å². The van der Waals surface area contributed by atoms with Gasteiger partial charge in [0.2, 0.25) is 11.8 Å². The van der Waals surface area contributed by atoms with E-state index >= 15 is 0 Å². The van der Waals surface area contributed by atoms with Crippen molar-refractivity contribution in [2.45, 2.75) is 39.2 Å². The summed E-state index contributed by atoms with van der Waals surface area (Å²) in [6, 6.07) is 4.84. The van der Waals surface area contributed by atoms with Gasteiger partial charge in [-0.2, -0.15) is 0 Å². The normalized spacial score (nSPS) is 18.5. The molecule has 6 heteroatoms. The van der Waals surface area contributed by atoms with Gasteiger partial charge in [0, 0.05) is 38.2 Å². The molecule has 1 aliphatic heterocycles. The number of carbonyl (C=O) groups is 2. The van der Waals surface area contributed by atoms with Gasteiger partial charge in [-0.05, 0) is 44.0 Å². The van der Waals surface area contributed by atoms with Crippen LogP contribution in [0.4, 0.5) is 10.1 Å². The first kappa shape index (κ1) is 17.4. The molecule has 0 aliphatic carbocycles. The van der Waals surface area contributed by atoms with Crippen molar-refractivity contribution in [3.8, 4) is 0 Å². The highest BCUT2D eigenvalue weighted by molar-refractivity contribution is 5.90. The van der Waals surface area contributed by atoms with Gasteiger partial charge in [0.05, 0.1) is 0 Å². The van der Waals surface area contributed by atoms with E-state index in [1.54, 1.807) is 19.1 Å². The summed E-state index contributed by atoms with van der Waals surface area (Å²) in [6.45, 7) is 5.54. The van der Waals surface area contributed by atoms with E-state index in [0.29, 0.717) is 24.2 Å². The Kier molecular flexibility index (Phi) is 6.10. The van der Waals surface area contributed by atoms with Crippen molar-refractivity contribution in [3.05, 3.63) is 29.6 Å². The number of amides is 2. The van der Waals surface area contributed by atoms with Gasteiger partial charge in [-0.15, -0.1) is 0 Å². The Labute approximate surface area is 136 Å². The van der Waals surface area contributed by atoms with E-state index in [4.69, 9.17) is 0 Å². The van der Waals surface area contributed by atoms with Gasteiger partial charge < -0.3 is 15.5 Å². The Morgan fingerprint density at radius 1 is 1.39 bits per heavy atom. The number of likely N-dealkylation sites (tertiary alicyclic amines) is 1. The number of aryl methyl sites for hydroxylation is 1. The van der Waals surface area contributed by atoms with E-state index in [0.717, 1.165) is 25.9 Å². The van der Waals surface area contributed by atoms with Crippen molar-refractivity contribution in [1.82, 2.24) is 10.2 Å². The molecule has 2 rings (SSSR count). The molecule has 0 spiro atoms. The number of benzene rings is 1. The number of hydrogen-bond acceptors (Lipinski definition) is 3. The average Bonchev–Trinajstić information content (AvgIpc) is 2.49. The Balaban J connectivity index is 1.77. The molecule has 2 amide bonds. The third-order valence-corrected chi connectivity index (χ3v) is 4.02. The smallest absolute Gasteiger partial charge is 0.225 e. The fourth-order valence-electron chi connectivity index (χ4n) is 2.82. The largest absolute Gasteiger partial charge is 0.352 e. The molecule has 126 valence electrons. The van der Waals surface area contributed by atoms with Gasteiger partial charge in [0.1, 0.15) is 5.82 Å². The minimum Gasteiger partial charge on any atom is -0.352 e. The topological polar surface area (TPSA) is 61.4 Å². The monoisotopic (exact) mass is 321 g/mol. The molecule has 1 aromatic carbocycles. The molecular weight excluding hydrogens is 297 g/mol. The number of anilines is 1. The molecule has 0 saturated carbocycles. The number of hydrogen-bond donors (Lipinski definition) is 2. The number of nitrogens with zero attached hydrogens (tertiary/aromatic N) is 1. The van der Waals surface area contributed by atoms with Crippen molar-refractivity contribution < 1.29 is 14.0 Å². The van der Waals surface area contributed by atoms with Crippen LogP contribution in [0.15, 0.2) is 18.2 Å². The summed E-state index contributed by atoms with van der Waals surface area (Å²) < 4.78 is 13.5. The predicted molar refractivity (Wildman–Crippen MR) is 87.7 cm³/mol. The number of nitrogens with one attached hydrogen (secondary N) is 2. The maximum absolute atomic E-state index is 13.5. The fraction of sp³-hybridized carbons (Fsp3) is 0.529. The molecule has 1 atom stereocenters. The summed E-state index contributed by atoms with van der Waals surface area (Å²) in [5, 5.41) is 5.65. The molecule has 0 unspecified atom stereocenters. The lowest BCUT2D eigenvalue weighted by Crippen LogP contribution is -2.47. The molecule has 0 aromatic heterocycles. The Hall–Kier alpha value is -1.95. The highest BCUT2D eigenvalue weighted by Crippen LogP contribution is 2.14. The van der Waals surface area contributed by atoms with Crippen LogP contribution < -0.4 is 10.6 Å². The lowest BCUT2D eigenvalue weighted by molar-refractivity contribution is -0.120. The van der Waals surface area contributed by atoms with E-state index < -0.39 is 0 Å². The van der Waals surface area contributed by atoms with Crippen LogP contribution in [0.5, 0.6) is 0 Å². The number of rotatable bonds is 5. The lowest BCUT2D eigenvalue weighted by Gasteiger charge is -2.32. The van der Waals surface area contributed by atoms with Gasteiger partial charge in [0.25, 0.3) is 0 Å². The second-order valence-electron chi connectivity index (χ2n) is 6.10. The summed E-state index contributed by atoms with van der Waals surface area (Å²) in [6.07, 6.45) is 2.34. The summed E-state index contributed by atoms with van der Waals surface area (Å²) in [5.74, 6) is -0.470. The molecule has 23 heavy (non-hydrogen) atoms. The Morgan fingerprint density at radius 2 is 2.17 bits per heavy atom. The van der Waals surface area contributed by atoms with Crippen LogP contribution >= 0.6 is 0 Å². The van der Waals surface area contributed by atoms with Crippen LogP contribution in [-0.4, -0.2) is 42.4 Å². The third-order valence-electron chi connectivity index (χ3n) is 4.02. The van der Waals surface area contributed by atoms with Crippen molar-refractivity contribution in [1.29, 1.82) is 0 Å². The molecule has 1 aromatic rings. The second-order valence-corrected chi connectivity index (χ2v) is 6.10. The van der Waals surface area contributed by atoms with Crippen LogP contribution in [0.3, 0.4) is 0 Å². The Morgan fingerprint density at radius 3 is 2.87 bits per heavy atom. The first-order valence-corrected chi connectivity index (χ1v) is 7.99. The quantitative estimate of drug-likeness (QED) is 0.873. The van der Waals surface area contributed by atoms with E-state index in [9.17, 15) is 14.0 Å². The molecule has 1 fully saturated rings. The third kappa shape index (κ3) is 5.63. The molecule has 1 heterocycles. The minimum atomic E-state index is -0.322. The molecule has 5 nitrogen and oxygen atoms in total. The number of halogens is 1. The van der Waals surface area contributed by atoms with Crippen molar-refractivity contribution in [3.63, 3.8) is 0 Å². The zero-order valence-corrected chi connectivity index (χ0v) is 13.7. The fourth-order valence-corrected chi connectivity index (χ4v) is 2.82. The highest BCUT2D eigenvalue weighted by Gasteiger charge is 2.20. The molecule has 1 aliphatic rings. The highest BCUT2D eigenvalue weighted by atomic mass is 19.1. The van der Waals surface area contributed by atoms with E-state index in [2.05, 4.69) is 15.5 Å². The van der Waals surface area contributed by atoms with Crippen LogP contribution in [-0.2, 0) is 9.59 Å².